The number of allylic oxidation sites excluding steroid dienone is 1. The Balaban J connectivity index is 2.71. The Bertz CT molecular complexity index is 342. The molecule has 0 aliphatic carbocycles. The van der Waals surface area contributed by atoms with Crippen molar-refractivity contribution in [1.29, 1.82) is 0 Å². The first kappa shape index (κ1) is 11.2. The Morgan fingerprint density at radius 1 is 1.29 bits per heavy atom. The smallest absolute Gasteiger partial charge is 0.204 e. The second-order valence-electron chi connectivity index (χ2n) is 2.70. The van der Waals surface area contributed by atoms with E-state index >= 15 is 0 Å². The minimum atomic E-state index is 0.155. The van der Waals surface area contributed by atoms with Gasteiger partial charge in [-0.15, -0.1) is 0 Å². The molecule has 0 saturated heterocycles. The highest BCUT2D eigenvalue weighted by molar-refractivity contribution is 6.35. The van der Waals surface area contributed by atoms with E-state index in [-0.39, 0.29) is 5.22 Å². The van der Waals surface area contributed by atoms with Crippen LogP contribution in [0.15, 0.2) is 47.3 Å². The summed E-state index contributed by atoms with van der Waals surface area (Å²) in [6, 6.07) is 9.88. The van der Waals surface area contributed by atoms with Crippen LogP contribution in [-0.2, 0) is 4.74 Å². The van der Waals surface area contributed by atoms with Crippen LogP contribution in [0.5, 0.6) is 0 Å². The summed E-state index contributed by atoms with van der Waals surface area (Å²) < 4.78 is 5.04. The molecule has 0 aromatic heterocycles. The summed E-state index contributed by atoms with van der Waals surface area (Å²) in [6.45, 7) is 1.94. The van der Waals surface area contributed by atoms with Crippen molar-refractivity contribution in [2.45, 2.75) is 6.92 Å². The van der Waals surface area contributed by atoms with Crippen molar-refractivity contribution in [2.75, 3.05) is 0 Å². The summed E-state index contributed by atoms with van der Waals surface area (Å²) in [5.41, 5.74) is 3.25. The number of rotatable bonds is 3. The molecule has 0 unspecified atom stereocenters. The predicted octanol–water partition coefficient (Wildman–Crippen LogP) is 4.34. The van der Waals surface area contributed by atoms with E-state index in [1.165, 1.54) is 5.54 Å². The van der Waals surface area contributed by atoms with Gasteiger partial charge in [-0.05, 0) is 29.7 Å². The van der Waals surface area contributed by atoms with E-state index in [2.05, 4.69) is 0 Å². The van der Waals surface area contributed by atoms with Crippen LogP contribution in [0, 0.1) is 0 Å². The zero-order valence-electron chi connectivity index (χ0n) is 7.71. The topological polar surface area (TPSA) is 9.23 Å². The molecule has 1 rings (SSSR count). The summed E-state index contributed by atoms with van der Waals surface area (Å²) in [5.74, 6) is 0. The molecule has 0 amide bonds. The third-order valence-corrected chi connectivity index (χ3v) is 2.17. The lowest BCUT2D eigenvalue weighted by Crippen LogP contribution is -1.80. The van der Waals surface area contributed by atoms with E-state index in [9.17, 15) is 0 Å². The van der Waals surface area contributed by atoms with Crippen molar-refractivity contribution < 1.29 is 4.74 Å². The first-order valence-corrected chi connectivity index (χ1v) is 4.90. The number of ether oxygens (including phenoxy) is 1. The van der Waals surface area contributed by atoms with Crippen LogP contribution in [0.2, 0.25) is 0 Å². The average Bonchev–Trinajstić information content (AvgIpc) is 2.26. The Morgan fingerprint density at radius 2 is 1.93 bits per heavy atom. The lowest BCUT2D eigenvalue weighted by molar-refractivity contribution is 0.387. The van der Waals surface area contributed by atoms with Gasteiger partial charge in [0.1, 0.15) is 0 Å². The Kier molecular flexibility index (Phi) is 4.57. The van der Waals surface area contributed by atoms with Gasteiger partial charge in [-0.1, -0.05) is 41.9 Å². The second kappa shape index (κ2) is 5.74. The summed E-state index contributed by atoms with van der Waals surface area (Å²) in [7, 11) is 0. The highest BCUT2D eigenvalue weighted by atomic mass is 35.5. The van der Waals surface area contributed by atoms with Gasteiger partial charge in [0.05, 0.1) is 11.8 Å². The molecule has 1 aromatic rings. The van der Waals surface area contributed by atoms with Crippen molar-refractivity contribution in [3.8, 4) is 0 Å². The highest BCUT2D eigenvalue weighted by Crippen LogP contribution is 2.15. The standard InChI is InChI=1S/C11H10Cl2O/c1-9(8-14-11(13)7-12)10-5-3-2-4-6-10/h2-8H,1H3/b9-8+,11-7+. The van der Waals surface area contributed by atoms with Crippen molar-refractivity contribution in [1.82, 2.24) is 0 Å². The van der Waals surface area contributed by atoms with Crippen LogP contribution in [0.4, 0.5) is 0 Å². The maximum atomic E-state index is 5.56. The zero-order chi connectivity index (χ0) is 10.4. The Hall–Kier alpha value is -0.920. The van der Waals surface area contributed by atoms with Crippen molar-refractivity contribution in [3.05, 3.63) is 52.9 Å². The van der Waals surface area contributed by atoms with Gasteiger partial charge in [-0.3, -0.25) is 0 Å². The van der Waals surface area contributed by atoms with Gasteiger partial charge in [0.15, 0.2) is 0 Å². The van der Waals surface area contributed by atoms with Gasteiger partial charge < -0.3 is 4.74 Å². The molecule has 0 fully saturated rings. The fraction of sp³-hybridized carbons (Fsp3) is 0.0909. The maximum absolute atomic E-state index is 5.56. The van der Waals surface area contributed by atoms with Gasteiger partial charge in [-0.25, -0.2) is 0 Å². The molecule has 0 aliphatic heterocycles. The van der Waals surface area contributed by atoms with Gasteiger partial charge in [-0.2, -0.15) is 0 Å². The van der Waals surface area contributed by atoms with Crippen LogP contribution in [0.25, 0.3) is 5.57 Å². The molecule has 74 valence electrons. The normalized spacial score (nSPS) is 12.8. The van der Waals surface area contributed by atoms with E-state index in [1.807, 2.05) is 37.3 Å². The molecule has 0 bridgehead atoms. The van der Waals surface area contributed by atoms with E-state index in [1.54, 1.807) is 6.26 Å². The summed E-state index contributed by atoms with van der Waals surface area (Å²) >= 11 is 10.9. The Labute approximate surface area is 93.6 Å². The van der Waals surface area contributed by atoms with E-state index in [4.69, 9.17) is 27.9 Å². The van der Waals surface area contributed by atoms with Crippen LogP contribution in [0.3, 0.4) is 0 Å². The fourth-order valence-corrected chi connectivity index (χ4v) is 1.04. The van der Waals surface area contributed by atoms with Crippen molar-refractivity contribution in [3.63, 3.8) is 0 Å². The minimum absolute atomic E-state index is 0.155. The molecule has 0 atom stereocenters. The predicted molar refractivity (Wildman–Crippen MR) is 61.0 cm³/mol. The van der Waals surface area contributed by atoms with E-state index < -0.39 is 0 Å². The van der Waals surface area contributed by atoms with Gasteiger partial charge >= 0.3 is 0 Å². The molecule has 0 saturated carbocycles. The zero-order valence-corrected chi connectivity index (χ0v) is 9.22. The summed E-state index contributed by atoms with van der Waals surface area (Å²) in [6.07, 6.45) is 1.57. The van der Waals surface area contributed by atoms with E-state index in [0.29, 0.717) is 0 Å². The lowest BCUT2D eigenvalue weighted by atomic mass is 10.1. The molecule has 14 heavy (non-hydrogen) atoms. The molecule has 0 radical (unpaired) electrons. The van der Waals surface area contributed by atoms with Gasteiger partial charge in [0.2, 0.25) is 5.22 Å². The molecule has 1 nitrogen and oxygen atoms in total. The first-order valence-electron chi connectivity index (χ1n) is 4.09. The van der Waals surface area contributed by atoms with Crippen LogP contribution < -0.4 is 0 Å². The maximum Gasteiger partial charge on any atom is 0.204 e. The van der Waals surface area contributed by atoms with Crippen molar-refractivity contribution in [2.24, 2.45) is 0 Å². The highest BCUT2D eigenvalue weighted by Gasteiger charge is 1.94. The number of benzene rings is 1. The molecule has 0 N–H and O–H groups in total. The lowest BCUT2D eigenvalue weighted by Gasteiger charge is -2.01. The SMILES string of the molecule is C/C(=C\O/C(Cl)=C/Cl)c1ccccc1. The fourth-order valence-electron chi connectivity index (χ4n) is 0.939. The third-order valence-electron chi connectivity index (χ3n) is 1.66. The first-order chi connectivity index (χ1) is 6.74. The molecule has 0 spiro atoms. The molecule has 1 aromatic carbocycles. The summed E-state index contributed by atoms with van der Waals surface area (Å²) in [4.78, 5) is 0. The summed E-state index contributed by atoms with van der Waals surface area (Å²) in [5, 5.41) is 0.155. The second-order valence-corrected chi connectivity index (χ2v) is 3.29. The van der Waals surface area contributed by atoms with Crippen molar-refractivity contribution >= 4 is 28.8 Å². The molecule has 3 heteroatoms. The molecular weight excluding hydrogens is 219 g/mol. The number of hydrogen-bond acceptors (Lipinski definition) is 1. The van der Waals surface area contributed by atoms with Crippen LogP contribution in [-0.4, -0.2) is 0 Å². The van der Waals surface area contributed by atoms with Gasteiger partial charge in [0, 0.05) is 0 Å². The monoisotopic (exact) mass is 228 g/mol. The number of halogens is 2. The molecular formula is C11H10Cl2O. The Morgan fingerprint density at radius 3 is 2.50 bits per heavy atom. The minimum Gasteiger partial charge on any atom is -0.452 e. The molecule has 0 heterocycles. The quantitative estimate of drug-likeness (QED) is 0.700. The molecule has 0 aliphatic rings. The number of hydrogen-bond donors (Lipinski definition) is 0. The van der Waals surface area contributed by atoms with Crippen LogP contribution in [0.1, 0.15) is 12.5 Å². The third kappa shape index (κ3) is 3.44. The van der Waals surface area contributed by atoms with Gasteiger partial charge in [0.25, 0.3) is 0 Å². The van der Waals surface area contributed by atoms with Crippen LogP contribution >= 0.6 is 23.2 Å². The van der Waals surface area contributed by atoms with E-state index in [0.717, 1.165) is 11.1 Å². The largest absolute Gasteiger partial charge is 0.452 e. The average molecular weight is 229 g/mol.